The summed E-state index contributed by atoms with van der Waals surface area (Å²) in [6.07, 6.45) is -6.39. The van der Waals surface area contributed by atoms with Gasteiger partial charge in [0.2, 0.25) is 0 Å². The Bertz CT molecular complexity index is 511. The van der Waals surface area contributed by atoms with E-state index in [2.05, 4.69) is 4.74 Å². The summed E-state index contributed by atoms with van der Waals surface area (Å²) in [5.41, 5.74) is -0.0321. The lowest BCUT2D eigenvalue weighted by molar-refractivity contribution is -0.123. The van der Waals surface area contributed by atoms with Gasteiger partial charge < -0.3 is 50.7 Å². The number of benzene rings is 1. The van der Waals surface area contributed by atoms with Crippen molar-refractivity contribution in [3.63, 3.8) is 0 Å². The first-order chi connectivity index (χ1) is 11.6. The summed E-state index contributed by atoms with van der Waals surface area (Å²) in [4.78, 5) is 10.9. The van der Waals surface area contributed by atoms with Crippen molar-refractivity contribution < 1.29 is 55.5 Å². The number of aliphatic hydroxyl groups is 6. The lowest BCUT2D eigenvalue weighted by atomic mass is 10.0. The van der Waals surface area contributed by atoms with Crippen LogP contribution in [0.2, 0.25) is 0 Å². The number of hydrogen-bond donors (Lipinski definition) is 9. The van der Waals surface area contributed by atoms with Crippen molar-refractivity contribution in [1.29, 1.82) is 0 Å². The molecule has 11 nitrogen and oxygen atoms in total. The second-order valence-corrected chi connectivity index (χ2v) is 4.84. The molecule has 0 aliphatic carbocycles. The molecule has 0 spiro atoms. The Hall–Kier alpha value is -2.15. The third-order valence-corrected chi connectivity index (χ3v) is 3.00. The van der Waals surface area contributed by atoms with Gasteiger partial charge in [-0.3, -0.25) is 0 Å². The molecule has 25 heavy (non-hydrogen) atoms. The van der Waals surface area contributed by atoms with Crippen LogP contribution < -0.4 is 0 Å². The van der Waals surface area contributed by atoms with Gasteiger partial charge in [-0.2, -0.15) is 0 Å². The van der Waals surface area contributed by atoms with Crippen molar-refractivity contribution in [2.45, 2.75) is 24.4 Å². The van der Waals surface area contributed by atoms with Gasteiger partial charge in [-0.25, -0.2) is 4.79 Å². The number of carbonyl (C=O) groups is 1. The van der Waals surface area contributed by atoms with Crippen LogP contribution in [0.1, 0.15) is 10.4 Å². The molecule has 0 saturated heterocycles. The fraction of sp³-hybridized carbons (Fsp3) is 0.500. The first-order valence-electron chi connectivity index (χ1n) is 6.87. The van der Waals surface area contributed by atoms with Crippen LogP contribution in [-0.4, -0.2) is 96.7 Å². The number of carbonyl (C=O) groups excluding carboxylic acids is 1. The number of aliphatic hydroxyl groups excluding tert-OH is 6. The Morgan fingerprint density at radius 1 is 0.920 bits per heavy atom. The lowest BCUT2D eigenvalue weighted by Crippen LogP contribution is -2.46. The first-order valence-corrected chi connectivity index (χ1v) is 6.87. The fourth-order valence-corrected chi connectivity index (χ4v) is 1.51. The highest BCUT2D eigenvalue weighted by molar-refractivity contribution is 5.90. The number of rotatable bonds is 6. The molecule has 0 fully saturated rings. The van der Waals surface area contributed by atoms with Gasteiger partial charge in [0, 0.05) is 0 Å². The SMILES string of the molecule is COC(=O)c1cc(O)c(O)c(O)c1.OCC(O)C(O)C(O)C(O)CO. The molecule has 0 aromatic heterocycles. The van der Waals surface area contributed by atoms with Crippen LogP contribution in [0.25, 0.3) is 0 Å². The second-order valence-electron chi connectivity index (χ2n) is 4.84. The highest BCUT2D eigenvalue weighted by Crippen LogP contribution is 2.35. The van der Waals surface area contributed by atoms with E-state index in [9.17, 15) is 4.79 Å². The molecule has 9 N–H and O–H groups in total. The van der Waals surface area contributed by atoms with Crippen molar-refractivity contribution in [1.82, 2.24) is 0 Å². The summed E-state index contributed by atoms with van der Waals surface area (Å²) in [7, 11) is 1.17. The zero-order chi connectivity index (χ0) is 19.7. The number of phenolic OH excluding ortho intramolecular Hbond substituents is 3. The number of esters is 1. The average molecular weight is 366 g/mol. The molecule has 0 saturated carbocycles. The number of ether oxygens (including phenoxy) is 1. The van der Waals surface area contributed by atoms with Crippen molar-refractivity contribution >= 4 is 5.97 Å². The van der Waals surface area contributed by atoms with E-state index in [-0.39, 0.29) is 5.56 Å². The number of methoxy groups -OCH3 is 1. The molecule has 4 atom stereocenters. The Kier molecular flexibility index (Phi) is 9.74. The van der Waals surface area contributed by atoms with Gasteiger partial charge in [-0.1, -0.05) is 0 Å². The summed E-state index contributed by atoms with van der Waals surface area (Å²) in [6, 6.07) is 2.00. The quantitative estimate of drug-likeness (QED) is 0.183. The molecule has 0 aliphatic rings. The molecular formula is C14H22O11. The van der Waals surface area contributed by atoms with Crippen LogP contribution in [0.5, 0.6) is 17.2 Å². The lowest BCUT2D eigenvalue weighted by Gasteiger charge is -2.24. The molecule has 11 heteroatoms. The third-order valence-electron chi connectivity index (χ3n) is 3.00. The van der Waals surface area contributed by atoms with E-state index >= 15 is 0 Å². The Balaban J connectivity index is 0.000000463. The van der Waals surface area contributed by atoms with Crippen LogP contribution >= 0.6 is 0 Å². The van der Waals surface area contributed by atoms with E-state index in [0.29, 0.717) is 0 Å². The molecule has 0 radical (unpaired) electrons. The molecule has 0 aliphatic heterocycles. The van der Waals surface area contributed by atoms with Crippen LogP contribution in [0.15, 0.2) is 12.1 Å². The summed E-state index contributed by atoms with van der Waals surface area (Å²) in [5.74, 6) is -2.50. The number of aromatic hydroxyl groups is 3. The molecular weight excluding hydrogens is 344 g/mol. The smallest absolute Gasteiger partial charge is 0.338 e. The van der Waals surface area contributed by atoms with Gasteiger partial charge in [-0.15, -0.1) is 0 Å². The molecule has 0 heterocycles. The van der Waals surface area contributed by atoms with Crippen LogP contribution in [0, 0.1) is 0 Å². The van der Waals surface area contributed by atoms with Gasteiger partial charge in [0.15, 0.2) is 17.2 Å². The van der Waals surface area contributed by atoms with Crippen LogP contribution in [-0.2, 0) is 4.74 Å². The molecule has 144 valence electrons. The summed E-state index contributed by atoms with van der Waals surface area (Å²) in [5, 5.41) is 79.1. The second kappa shape index (κ2) is 10.7. The van der Waals surface area contributed by atoms with Crippen LogP contribution in [0.4, 0.5) is 0 Å². The Labute approximate surface area is 142 Å². The normalized spacial score (nSPS) is 15.3. The predicted molar refractivity (Wildman–Crippen MR) is 81.0 cm³/mol. The van der Waals surface area contributed by atoms with Gasteiger partial charge in [0.25, 0.3) is 0 Å². The van der Waals surface area contributed by atoms with E-state index in [0.717, 1.165) is 12.1 Å². The van der Waals surface area contributed by atoms with E-state index in [1.54, 1.807) is 0 Å². The number of phenols is 3. The summed E-state index contributed by atoms with van der Waals surface area (Å²) >= 11 is 0. The van der Waals surface area contributed by atoms with E-state index in [4.69, 9.17) is 46.0 Å². The summed E-state index contributed by atoms with van der Waals surface area (Å²) < 4.78 is 4.34. The highest BCUT2D eigenvalue weighted by Gasteiger charge is 2.29. The molecule has 1 aromatic carbocycles. The van der Waals surface area contributed by atoms with Crippen molar-refractivity contribution in [2.75, 3.05) is 20.3 Å². The van der Waals surface area contributed by atoms with Gasteiger partial charge >= 0.3 is 5.97 Å². The Morgan fingerprint density at radius 3 is 1.56 bits per heavy atom. The minimum atomic E-state index is -1.67. The first kappa shape index (κ1) is 22.9. The molecule has 0 bridgehead atoms. The molecule has 4 unspecified atom stereocenters. The zero-order valence-electron chi connectivity index (χ0n) is 13.2. The predicted octanol–water partition coefficient (Wildman–Crippen LogP) is -3.00. The van der Waals surface area contributed by atoms with Crippen molar-refractivity contribution in [3.05, 3.63) is 17.7 Å². The minimum Gasteiger partial charge on any atom is -0.504 e. The molecule has 1 aromatic rings. The standard InChI is InChI=1S/C8H8O5.C6H14O6/c1-13-8(12)4-2-5(9)7(11)6(10)3-4;7-1-3(9)5(11)6(12)4(10)2-8/h2-3,9-11H,1H3;3-12H,1-2H2. The fourth-order valence-electron chi connectivity index (χ4n) is 1.51. The third kappa shape index (κ3) is 6.70. The van der Waals surface area contributed by atoms with Crippen molar-refractivity contribution in [3.8, 4) is 17.2 Å². The zero-order valence-corrected chi connectivity index (χ0v) is 13.2. The minimum absolute atomic E-state index is 0.0321. The molecule has 1 rings (SSSR count). The van der Waals surface area contributed by atoms with Crippen molar-refractivity contribution in [2.24, 2.45) is 0 Å². The maximum atomic E-state index is 10.9. The topological polar surface area (TPSA) is 208 Å². The molecule has 0 amide bonds. The monoisotopic (exact) mass is 366 g/mol. The Morgan fingerprint density at radius 2 is 1.28 bits per heavy atom. The van der Waals surface area contributed by atoms with E-state index in [1.165, 1.54) is 7.11 Å². The highest BCUT2D eigenvalue weighted by atomic mass is 16.5. The maximum absolute atomic E-state index is 10.9. The van der Waals surface area contributed by atoms with Gasteiger partial charge in [0.05, 0.1) is 25.9 Å². The largest absolute Gasteiger partial charge is 0.504 e. The van der Waals surface area contributed by atoms with Gasteiger partial charge in [-0.05, 0) is 12.1 Å². The van der Waals surface area contributed by atoms with Gasteiger partial charge in [0.1, 0.15) is 24.4 Å². The van der Waals surface area contributed by atoms with Crippen LogP contribution in [0.3, 0.4) is 0 Å². The van der Waals surface area contributed by atoms with E-state index in [1.807, 2.05) is 0 Å². The van der Waals surface area contributed by atoms with E-state index < -0.39 is 60.8 Å². The summed E-state index contributed by atoms with van der Waals surface area (Å²) in [6.45, 7) is -1.45. The maximum Gasteiger partial charge on any atom is 0.338 e. The number of hydrogen-bond acceptors (Lipinski definition) is 11. The average Bonchev–Trinajstić information content (AvgIpc) is 2.62.